The van der Waals surface area contributed by atoms with E-state index in [1.807, 2.05) is 0 Å². The summed E-state index contributed by atoms with van der Waals surface area (Å²) < 4.78 is 30.4. The topological polar surface area (TPSA) is 64.1 Å². The number of benzene rings is 1. The van der Waals surface area contributed by atoms with Crippen molar-refractivity contribution in [1.29, 1.82) is 0 Å². The maximum absolute atomic E-state index is 13.8. The molecule has 26 heavy (non-hydrogen) atoms. The van der Waals surface area contributed by atoms with Gasteiger partial charge in [-0.05, 0) is 43.4 Å². The molecule has 2 N–H and O–H groups in total. The van der Waals surface area contributed by atoms with Gasteiger partial charge in [-0.3, -0.25) is 4.99 Å². The van der Waals surface area contributed by atoms with Gasteiger partial charge in [-0.2, -0.15) is 0 Å². The minimum absolute atomic E-state index is 0. The number of ether oxygens (including phenoxy) is 3. The summed E-state index contributed by atoms with van der Waals surface area (Å²) in [5, 5.41) is 6.75. The first-order valence-electron chi connectivity index (χ1n) is 8.87. The van der Waals surface area contributed by atoms with Gasteiger partial charge in [0.25, 0.3) is 0 Å². The number of fused-ring (bicyclic) bond motifs is 3. The summed E-state index contributed by atoms with van der Waals surface area (Å²) in [5.41, 5.74) is 1.62. The summed E-state index contributed by atoms with van der Waals surface area (Å²) in [5.74, 6) is 1.25. The molecular formula is C18H25FIN3O3. The van der Waals surface area contributed by atoms with E-state index in [1.54, 1.807) is 7.05 Å². The van der Waals surface area contributed by atoms with Gasteiger partial charge in [0.05, 0.1) is 24.9 Å². The molecule has 3 atom stereocenters. The van der Waals surface area contributed by atoms with Crippen LogP contribution in [0.4, 0.5) is 4.39 Å². The molecule has 8 heteroatoms. The summed E-state index contributed by atoms with van der Waals surface area (Å²) in [6.07, 6.45) is 4.67. The van der Waals surface area contributed by atoms with Crippen LogP contribution in [-0.4, -0.2) is 44.6 Å². The molecule has 3 aliphatic heterocycles. The van der Waals surface area contributed by atoms with Gasteiger partial charge < -0.3 is 24.8 Å². The van der Waals surface area contributed by atoms with Gasteiger partial charge >= 0.3 is 0 Å². The van der Waals surface area contributed by atoms with E-state index < -0.39 is 0 Å². The molecule has 2 saturated heterocycles. The average Bonchev–Trinajstić information content (AvgIpc) is 3.23. The summed E-state index contributed by atoms with van der Waals surface area (Å²) >= 11 is 0. The number of rotatable bonds is 4. The zero-order valence-corrected chi connectivity index (χ0v) is 17.1. The monoisotopic (exact) mass is 477 g/mol. The molecule has 3 aliphatic rings. The van der Waals surface area contributed by atoms with Crippen molar-refractivity contribution in [3.05, 3.63) is 29.1 Å². The lowest BCUT2D eigenvalue weighted by molar-refractivity contribution is -0.0172. The van der Waals surface area contributed by atoms with E-state index in [1.165, 1.54) is 18.6 Å². The Balaban J connectivity index is 0.00000196. The molecule has 0 radical (unpaired) electrons. The van der Waals surface area contributed by atoms with E-state index in [-0.39, 0.29) is 36.6 Å². The van der Waals surface area contributed by atoms with Crippen LogP contribution in [0.5, 0.6) is 5.75 Å². The normalized spacial score (nSPS) is 26.7. The van der Waals surface area contributed by atoms with Gasteiger partial charge in [-0.1, -0.05) is 0 Å². The second-order valence-corrected chi connectivity index (χ2v) is 6.77. The SMILES string of the molecule is CN=C(NCCc1cc(F)cc2c1OCOC2)NC1CC2CCC1O2.I. The largest absolute Gasteiger partial charge is 0.467 e. The molecule has 0 aromatic heterocycles. The fraction of sp³-hybridized carbons (Fsp3) is 0.611. The zero-order chi connectivity index (χ0) is 17.2. The first-order chi connectivity index (χ1) is 12.2. The van der Waals surface area contributed by atoms with Crippen molar-refractivity contribution >= 4 is 29.9 Å². The molecule has 144 valence electrons. The number of nitrogens with one attached hydrogen (secondary N) is 2. The molecule has 0 spiro atoms. The number of guanidine groups is 1. The first-order valence-corrected chi connectivity index (χ1v) is 8.87. The van der Waals surface area contributed by atoms with Crippen LogP contribution in [0.15, 0.2) is 17.1 Å². The van der Waals surface area contributed by atoms with Crippen molar-refractivity contribution in [1.82, 2.24) is 10.6 Å². The minimum atomic E-state index is -0.260. The standard InChI is InChI=1S/C18H24FN3O3.HI/c1-20-18(22-15-8-14-2-3-16(15)25-14)21-5-4-11-6-13(19)7-12-9-23-10-24-17(11)12;/h6-7,14-16H,2-5,8-10H2,1H3,(H2,20,21,22);1H. The Morgan fingerprint density at radius 2 is 2.23 bits per heavy atom. The Hall–Kier alpha value is -1.13. The molecule has 0 aliphatic carbocycles. The Morgan fingerprint density at radius 3 is 2.96 bits per heavy atom. The molecule has 0 amide bonds. The van der Waals surface area contributed by atoms with Gasteiger partial charge in [-0.15, -0.1) is 24.0 Å². The second kappa shape index (κ2) is 8.71. The summed E-state index contributed by atoms with van der Waals surface area (Å²) in [6, 6.07) is 3.33. The minimum Gasteiger partial charge on any atom is -0.467 e. The van der Waals surface area contributed by atoms with Crippen LogP contribution in [0, 0.1) is 5.82 Å². The Kier molecular flexibility index (Phi) is 6.57. The third-order valence-corrected chi connectivity index (χ3v) is 5.09. The highest BCUT2D eigenvalue weighted by Gasteiger charge is 2.41. The smallest absolute Gasteiger partial charge is 0.191 e. The Bertz CT molecular complexity index is 673. The highest BCUT2D eigenvalue weighted by atomic mass is 127. The fourth-order valence-corrected chi connectivity index (χ4v) is 3.92. The number of halogens is 2. The van der Waals surface area contributed by atoms with Gasteiger partial charge in [0, 0.05) is 19.2 Å². The van der Waals surface area contributed by atoms with Crippen LogP contribution in [0.2, 0.25) is 0 Å². The van der Waals surface area contributed by atoms with Crippen LogP contribution in [0.3, 0.4) is 0 Å². The lowest BCUT2D eigenvalue weighted by atomic mass is 9.96. The Morgan fingerprint density at radius 1 is 1.35 bits per heavy atom. The third-order valence-electron chi connectivity index (χ3n) is 5.09. The third kappa shape index (κ3) is 4.23. The molecular weight excluding hydrogens is 452 g/mol. The number of hydrogen-bond acceptors (Lipinski definition) is 4. The van der Waals surface area contributed by atoms with Crippen LogP contribution in [-0.2, 0) is 22.5 Å². The quantitative estimate of drug-likeness (QED) is 0.396. The van der Waals surface area contributed by atoms with Crippen LogP contribution < -0.4 is 15.4 Å². The maximum atomic E-state index is 13.8. The Labute approximate surface area is 169 Å². The molecule has 2 fully saturated rings. The van der Waals surface area contributed by atoms with Gasteiger partial charge in [0.1, 0.15) is 11.6 Å². The molecule has 6 nitrogen and oxygen atoms in total. The summed E-state index contributed by atoms with van der Waals surface area (Å²) in [7, 11) is 1.76. The van der Waals surface area contributed by atoms with Crippen LogP contribution in [0.1, 0.15) is 30.4 Å². The molecule has 3 unspecified atom stereocenters. The van der Waals surface area contributed by atoms with E-state index in [4.69, 9.17) is 14.2 Å². The zero-order valence-electron chi connectivity index (χ0n) is 14.8. The lowest BCUT2D eigenvalue weighted by Crippen LogP contribution is -2.47. The van der Waals surface area contributed by atoms with Crippen molar-refractivity contribution < 1.29 is 18.6 Å². The van der Waals surface area contributed by atoms with Crippen molar-refractivity contribution in [3.63, 3.8) is 0 Å². The summed E-state index contributed by atoms with van der Waals surface area (Å²) in [4.78, 5) is 4.28. The molecule has 2 bridgehead atoms. The van der Waals surface area contributed by atoms with Crippen molar-refractivity contribution in [2.45, 2.75) is 50.5 Å². The molecule has 1 aromatic carbocycles. The highest BCUT2D eigenvalue weighted by Crippen LogP contribution is 2.34. The summed E-state index contributed by atoms with van der Waals surface area (Å²) in [6.45, 7) is 1.24. The van der Waals surface area contributed by atoms with E-state index in [0.717, 1.165) is 35.7 Å². The highest BCUT2D eigenvalue weighted by molar-refractivity contribution is 14.0. The second-order valence-electron chi connectivity index (χ2n) is 6.77. The van der Waals surface area contributed by atoms with E-state index >= 15 is 0 Å². The van der Waals surface area contributed by atoms with E-state index in [2.05, 4.69) is 15.6 Å². The van der Waals surface area contributed by atoms with Gasteiger partial charge in [0.15, 0.2) is 12.8 Å². The number of aliphatic imine (C=N–C) groups is 1. The predicted octanol–water partition coefficient (Wildman–Crippen LogP) is 2.34. The fourth-order valence-electron chi connectivity index (χ4n) is 3.92. The van der Waals surface area contributed by atoms with Crippen LogP contribution >= 0.6 is 24.0 Å². The van der Waals surface area contributed by atoms with E-state index in [9.17, 15) is 4.39 Å². The van der Waals surface area contributed by atoms with Crippen molar-refractivity contribution in [3.8, 4) is 5.75 Å². The molecule has 3 heterocycles. The van der Waals surface area contributed by atoms with E-state index in [0.29, 0.717) is 37.8 Å². The first kappa shape index (κ1) is 19.6. The maximum Gasteiger partial charge on any atom is 0.191 e. The van der Waals surface area contributed by atoms with Crippen molar-refractivity contribution in [2.75, 3.05) is 20.4 Å². The molecule has 0 saturated carbocycles. The van der Waals surface area contributed by atoms with Crippen LogP contribution in [0.25, 0.3) is 0 Å². The average molecular weight is 477 g/mol. The van der Waals surface area contributed by atoms with Gasteiger partial charge in [-0.25, -0.2) is 4.39 Å². The lowest BCUT2D eigenvalue weighted by Gasteiger charge is -2.23. The molecule has 1 aromatic rings. The van der Waals surface area contributed by atoms with Gasteiger partial charge in [0.2, 0.25) is 0 Å². The number of hydrogen-bond donors (Lipinski definition) is 2. The van der Waals surface area contributed by atoms with Crippen molar-refractivity contribution in [2.24, 2.45) is 4.99 Å². The molecule has 4 rings (SSSR count). The predicted molar refractivity (Wildman–Crippen MR) is 107 cm³/mol. The number of nitrogens with zero attached hydrogens (tertiary/aromatic N) is 1.